The van der Waals surface area contributed by atoms with E-state index >= 15 is 0 Å². The van der Waals surface area contributed by atoms with Crippen LogP contribution in [-0.2, 0) is 22.4 Å². The number of sulfonamides is 1. The molecule has 5 nitrogen and oxygen atoms in total. The largest absolute Gasteiger partial charge is 0.281 e. The van der Waals surface area contributed by atoms with E-state index in [1.165, 1.54) is 15.6 Å². The van der Waals surface area contributed by atoms with Gasteiger partial charge in [0.2, 0.25) is 0 Å². The lowest BCUT2D eigenvalue weighted by molar-refractivity contribution is 0.349. The van der Waals surface area contributed by atoms with Gasteiger partial charge in [0.25, 0.3) is 10.0 Å². The molecule has 0 radical (unpaired) electrons. The van der Waals surface area contributed by atoms with Crippen molar-refractivity contribution in [1.82, 2.24) is 14.5 Å². The number of alkyl halides is 1. The van der Waals surface area contributed by atoms with Gasteiger partial charge >= 0.3 is 0 Å². The molecule has 0 unspecified atom stereocenters. The molecule has 0 aliphatic carbocycles. The average Bonchev–Trinajstić information content (AvgIpc) is 3.04. The number of aryl methyl sites for hydroxylation is 1. The van der Waals surface area contributed by atoms with Gasteiger partial charge in [-0.25, -0.2) is 8.42 Å². The third kappa shape index (κ3) is 3.31. The Hall–Kier alpha value is -0.890. The minimum Gasteiger partial charge on any atom is -0.281 e. The lowest BCUT2D eigenvalue weighted by Gasteiger charge is -2.24. The number of rotatable bonds is 6. The van der Waals surface area contributed by atoms with Crippen molar-refractivity contribution in [2.75, 3.05) is 0 Å². The fourth-order valence-corrected chi connectivity index (χ4v) is 4.99. The minimum absolute atomic E-state index is 0.0280. The third-order valence-corrected chi connectivity index (χ3v) is 6.31. The molecule has 0 bridgehead atoms. The normalized spacial score (nSPS) is 12.5. The zero-order chi connectivity index (χ0) is 15.6. The molecule has 0 aliphatic heterocycles. The second kappa shape index (κ2) is 6.48. The van der Waals surface area contributed by atoms with Gasteiger partial charge in [-0.15, -0.1) is 22.9 Å². The van der Waals surface area contributed by atoms with Gasteiger partial charge in [-0.2, -0.15) is 9.40 Å². The average molecular weight is 348 g/mol. The molecule has 2 rings (SSSR count). The van der Waals surface area contributed by atoms with Crippen molar-refractivity contribution in [2.24, 2.45) is 0 Å². The molecule has 0 aliphatic rings. The maximum atomic E-state index is 12.9. The summed E-state index contributed by atoms with van der Waals surface area (Å²) < 4.78 is 27.2. The van der Waals surface area contributed by atoms with Crippen LogP contribution in [0.2, 0.25) is 0 Å². The van der Waals surface area contributed by atoms with E-state index in [0.717, 1.165) is 4.88 Å². The van der Waals surface area contributed by atoms with Crippen LogP contribution in [-0.4, -0.2) is 29.0 Å². The number of nitrogens with zero attached hydrogens (tertiary/aromatic N) is 2. The van der Waals surface area contributed by atoms with E-state index in [4.69, 9.17) is 11.6 Å². The zero-order valence-corrected chi connectivity index (χ0v) is 14.5. The molecule has 0 atom stereocenters. The lowest BCUT2D eigenvalue weighted by Crippen LogP contribution is -2.36. The Bertz CT molecular complexity index is 693. The molecular formula is C13H18ClN3O2S2. The number of H-pyrrole nitrogens is 1. The van der Waals surface area contributed by atoms with Crippen LogP contribution in [0.1, 0.15) is 30.0 Å². The van der Waals surface area contributed by atoms with Gasteiger partial charge in [-0.3, -0.25) is 5.10 Å². The van der Waals surface area contributed by atoms with Crippen molar-refractivity contribution in [3.63, 3.8) is 0 Å². The Morgan fingerprint density at radius 2 is 2.19 bits per heavy atom. The first-order valence-electron chi connectivity index (χ1n) is 6.52. The fourth-order valence-electron chi connectivity index (χ4n) is 2.01. The summed E-state index contributed by atoms with van der Waals surface area (Å²) in [6.45, 7) is 5.81. The van der Waals surface area contributed by atoms with Gasteiger partial charge in [0, 0.05) is 28.7 Å². The van der Waals surface area contributed by atoms with Gasteiger partial charge < -0.3 is 0 Å². The summed E-state index contributed by atoms with van der Waals surface area (Å²) in [5.41, 5.74) is 1.22. The summed E-state index contributed by atoms with van der Waals surface area (Å²) in [5.74, 6) is 0.113. The third-order valence-electron chi connectivity index (χ3n) is 3.19. The number of thiophene rings is 1. The van der Waals surface area contributed by atoms with Crippen LogP contribution in [0.25, 0.3) is 0 Å². The van der Waals surface area contributed by atoms with Crippen LogP contribution in [0.5, 0.6) is 0 Å². The standard InChI is InChI=1S/C13H18ClN3O2S2/c1-9(2)17(8-11-5-4-6-20-11)21(18,19)13-12(7-14)10(3)15-16-13/h4-6,9H,7-8H2,1-3H3,(H,15,16). The van der Waals surface area contributed by atoms with Gasteiger partial charge in [0.1, 0.15) is 0 Å². The fraction of sp³-hybridized carbons (Fsp3) is 0.462. The van der Waals surface area contributed by atoms with Crippen LogP contribution >= 0.6 is 22.9 Å². The molecule has 2 heterocycles. The van der Waals surface area contributed by atoms with Gasteiger partial charge in [-0.05, 0) is 32.2 Å². The van der Waals surface area contributed by atoms with Gasteiger partial charge in [-0.1, -0.05) is 6.07 Å². The van der Waals surface area contributed by atoms with Crippen LogP contribution < -0.4 is 0 Å². The van der Waals surface area contributed by atoms with E-state index in [-0.39, 0.29) is 16.9 Å². The Kier molecular flexibility index (Phi) is 5.08. The molecule has 2 aromatic heterocycles. The SMILES string of the molecule is Cc1[nH]nc(S(=O)(=O)N(Cc2cccs2)C(C)C)c1CCl. The summed E-state index contributed by atoms with van der Waals surface area (Å²) >= 11 is 7.41. The number of hydrogen-bond donors (Lipinski definition) is 1. The highest BCUT2D eigenvalue weighted by Gasteiger charge is 2.32. The molecule has 1 N–H and O–H groups in total. The van der Waals surface area contributed by atoms with E-state index in [1.807, 2.05) is 31.4 Å². The van der Waals surface area contributed by atoms with Crippen molar-refractivity contribution in [1.29, 1.82) is 0 Å². The van der Waals surface area contributed by atoms with Crippen molar-refractivity contribution >= 4 is 33.0 Å². The molecule has 0 fully saturated rings. The molecule has 116 valence electrons. The summed E-state index contributed by atoms with van der Waals surface area (Å²) in [6, 6.07) is 3.67. The highest BCUT2D eigenvalue weighted by atomic mass is 35.5. The van der Waals surface area contributed by atoms with E-state index in [2.05, 4.69) is 10.2 Å². The second-order valence-corrected chi connectivity index (χ2v) is 8.09. The molecule has 0 amide bonds. The number of aromatic amines is 1. The summed E-state index contributed by atoms with van der Waals surface area (Å²) in [7, 11) is -3.69. The van der Waals surface area contributed by atoms with Gasteiger partial charge in [0.05, 0.1) is 5.88 Å². The lowest BCUT2D eigenvalue weighted by atomic mass is 10.3. The first kappa shape index (κ1) is 16.5. The molecule has 21 heavy (non-hydrogen) atoms. The Morgan fingerprint density at radius 1 is 1.48 bits per heavy atom. The summed E-state index contributed by atoms with van der Waals surface area (Å²) in [6.07, 6.45) is 0. The molecule has 0 aromatic carbocycles. The first-order valence-corrected chi connectivity index (χ1v) is 9.37. The minimum atomic E-state index is -3.69. The number of halogens is 1. The molecule has 2 aromatic rings. The molecule has 0 spiro atoms. The highest BCUT2D eigenvalue weighted by molar-refractivity contribution is 7.89. The molecule has 0 saturated carbocycles. The number of hydrogen-bond acceptors (Lipinski definition) is 4. The molecule has 0 saturated heterocycles. The van der Waals surface area contributed by atoms with Crippen molar-refractivity contribution in [3.05, 3.63) is 33.6 Å². The zero-order valence-electron chi connectivity index (χ0n) is 12.1. The first-order chi connectivity index (χ1) is 9.87. The van der Waals surface area contributed by atoms with Crippen molar-refractivity contribution in [3.8, 4) is 0 Å². The van der Waals surface area contributed by atoms with E-state index in [0.29, 0.717) is 17.8 Å². The Labute approximate surface area is 134 Å². The van der Waals surface area contributed by atoms with Crippen LogP contribution in [0.4, 0.5) is 0 Å². The van der Waals surface area contributed by atoms with E-state index in [1.54, 1.807) is 6.92 Å². The maximum Gasteiger partial charge on any atom is 0.263 e. The second-order valence-electron chi connectivity index (χ2n) is 4.99. The number of nitrogens with one attached hydrogen (secondary N) is 1. The van der Waals surface area contributed by atoms with Crippen LogP contribution in [0.3, 0.4) is 0 Å². The summed E-state index contributed by atoms with van der Waals surface area (Å²) in [4.78, 5) is 0.993. The van der Waals surface area contributed by atoms with Crippen LogP contribution in [0, 0.1) is 6.92 Å². The monoisotopic (exact) mass is 347 g/mol. The quantitative estimate of drug-likeness (QED) is 0.816. The van der Waals surface area contributed by atoms with Crippen molar-refractivity contribution < 1.29 is 8.42 Å². The van der Waals surface area contributed by atoms with E-state index < -0.39 is 10.0 Å². The smallest absolute Gasteiger partial charge is 0.263 e. The maximum absolute atomic E-state index is 12.9. The molecular weight excluding hydrogens is 330 g/mol. The highest BCUT2D eigenvalue weighted by Crippen LogP contribution is 2.26. The summed E-state index contributed by atoms with van der Waals surface area (Å²) in [5, 5.41) is 8.63. The van der Waals surface area contributed by atoms with Crippen molar-refractivity contribution in [2.45, 2.75) is 44.3 Å². The predicted octanol–water partition coefficient (Wildman–Crippen LogP) is 3.12. The van der Waals surface area contributed by atoms with Gasteiger partial charge in [0.15, 0.2) is 5.03 Å². The number of aromatic nitrogens is 2. The van der Waals surface area contributed by atoms with E-state index in [9.17, 15) is 8.42 Å². The predicted molar refractivity (Wildman–Crippen MR) is 85.1 cm³/mol. The Balaban J connectivity index is 2.42. The van der Waals surface area contributed by atoms with Crippen LogP contribution in [0.15, 0.2) is 22.5 Å². The Morgan fingerprint density at radius 3 is 2.71 bits per heavy atom. The molecule has 8 heteroatoms. The topological polar surface area (TPSA) is 66.1 Å².